The fraction of sp³-hybridized carbons (Fsp3) is 0.389. The molecule has 1 aromatic heterocycles. The van der Waals surface area contributed by atoms with E-state index >= 15 is 0 Å². The van der Waals surface area contributed by atoms with Crippen molar-refractivity contribution in [1.82, 2.24) is 10.2 Å². The molecule has 2 rings (SSSR count). The van der Waals surface area contributed by atoms with E-state index in [0.717, 1.165) is 21.9 Å². The fourth-order valence-electron chi connectivity index (χ4n) is 2.42. The summed E-state index contributed by atoms with van der Waals surface area (Å²) in [4.78, 5) is 14.0. The molecule has 0 aliphatic heterocycles. The molecule has 130 valence electrons. The zero-order valence-corrected chi connectivity index (χ0v) is 15.2. The van der Waals surface area contributed by atoms with Gasteiger partial charge < -0.3 is 14.5 Å². The highest BCUT2D eigenvalue weighted by Crippen LogP contribution is 2.25. The van der Waals surface area contributed by atoms with Gasteiger partial charge in [-0.05, 0) is 63.3 Å². The van der Waals surface area contributed by atoms with Crippen LogP contribution in [-0.4, -0.2) is 38.1 Å². The standard InChI is InChI=1S/C18H23ClN2O3/c1-12-8-14(9-13(2)18(12)19)24-11-17(22)20-10-15(21(3)4)16-6-5-7-23-16/h5-9,15H,10-11H2,1-4H3,(H,20,22). The number of halogens is 1. The van der Waals surface area contributed by atoms with Crippen molar-refractivity contribution in [3.63, 3.8) is 0 Å². The summed E-state index contributed by atoms with van der Waals surface area (Å²) in [7, 11) is 3.88. The number of nitrogens with one attached hydrogen (secondary N) is 1. The van der Waals surface area contributed by atoms with E-state index in [1.807, 2.05) is 57.1 Å². The number of furan rings is 1. The molecule has 0 fully saturated rings. The van der Waals surface area contributed by atoms with Crippen molar-refractivity contribution >= 4 is 17.5 Å². The van der Waals surface area contributed by atoms with Crippen LogP contribution in [0.15, 0.2) is 34.9 Å². The second-order valence-corrected chi connectivity index (χ2v) is 6.34. The number of carbonyl (C=O) groups excluding carboxylic acids is 1. The minimum absolute atomic E-state index is 0.0241. The minimum atomic E-state index is -0.182. The summed E-state index contributed by atoms with van der Waals surface area (Å²) in [5.41, 5.74) is 1.86. The van der Waals surface area contributed by atoms with Crippen LogP contribution in [0.3, 0.4) is 0 Å². The Morgan fingerprint density at radius 3 is 2.54 bits per heavy atom. The topological polar surface area (TPSA) is 54.7 Å². The van der Waals surface area contributed by atoms with Crippen LogP contribution in [0.25, 0.3) is 0 Å². The third-order valence-corrected chi connectivity index (χ3v) is 4.36. The van der Waals surface area contributed by atoms with Crippen molar-refractivity contribution in [2.45, 2.75) is 19.9 Å². The van der Waals surface area contributed by atoms with Gasteiger partial charge in [0.05, 0.1) is 12.3 Å². The first-order valence-corrected chi connectivity index (χ1v) is 8.12. The second-order valence-electron chi connectivity index (χ2n) is 5.96. The largest absolute Gasteiger partial charge is 0.484 e. The molecule has 0 spiro atoms. The van der Waals surface area contributed by atoms with Crippen LogP contribution in [0, 0.1) is 13.8 Å². The first kappa shape index (κ1) is 18.4. The molecule has 1 amide bonds. The van der Waals surface area contributed by atoms with Gasteiger partial charge in [-0.3, -0.25) is 9.69 Å². The smallest absolute Gasteiger partial charge is 0.258 e. The van der Waals surface area contributed by atoms with Crippen molar-refractivity contribution < 1.29 is 13.9 Å². The molecule has 0 saturated heterocycles. The first-order valence-electron chi connectivity index (χ1n) is 7.74. The summed E-state index contributed by atoms with van der Waals surface area (Å²) in [5.74, 6) is 1.27. The van der Waals surface area contributed by atoms with Crippen LogP contribution < -0.4 is 10.1 Å². The lowest BCUT2D eigenvalue weighted by Crippen LogP contribution is -2.36. The molecular weight excluding hydrogens is 328 g/mol. The highest BCUT2D eigenvalue weighted by atomic mass is 35.5. The summed E-state index contributed by atoms with van der Waals surface area (Å²) < 4.78 is 11.0. The van der Waals surface area contributed by atoms with Gasteiger partial charge in [0.15, 0.2) is 6.61 Å². The number of rotatable bonds is 7. The Bertz CT molecular complexity index is 661. The maximum absolute atomic E-state index is 12.0. The molecule has 6 heteroatoms. The maximum atomic E-state index is 12.0. The summed E-state index contributed by atoms with van der Waals surface area (Å²) in [6.45, 7) is 4.22. The quantitative estimate of drug-likeness (QED) is 0.832. The van der Waals surface area contributed by atoms with Gasteiger partial charge in [-0.25, -0.2) is 0 Å². The monoisotopic (exact) mass is 350 g/mol. The number of carbonyl (C=O) groups is 1. The van der Waals surface area contributed by atoms with Gasteiger partial charge in [0.2, 0.25) is 0 Å². The Labute approximate surface area is 147 Å². The van der Waals surface area contributed by atoms with Gasteiger partial charge in [-0.1, -0.05) is 11.6 Å². The van der Waals surface area contributed by atoms with Crippen molar-refractivity contribution in [3.05, 3.63) is 52.4 Å². The lowest BCUT2D eigenvalue weighted by Gasteiger charge is -2.22. The van der Waals surface area contributed by atoms with Gasteiger partial charge in [0.1, 0.15) is 11.5 Å². The number of likely N-dealkylation sites (N-methyl/N-ethyl adjacent to an activating group) is 1. The molecule has 1 aromatic carbocycles. The van der Waals surface area contributed by atoms with Crippen molar-refractivity contribution in [3.8, 4) is 5.75 Å². The molecule has 1 heterocycles. The van der Waals surface area contributed by atoms with E-state index in [-0.39, 0.29) is 18.6 Å². The number of amides is 1. The summed E-state index contributed by atoms with van der Waals surface area (Å²) in [6, 6.07) is 7.36. The number of nitrogens with zero attached hydrogens (tertiary/aromatic N) is 1. The van der Waals surface area contributed by atoms with E-state index in [4.69, 9.17) is 20.8 Å². The molecule has 1 unspecified atom stereocenters. The predicted octanol–water partition coefficient (Wildman–Crippen LogP) is 3.35. The minimum Gasteiger partial charge on any atom is -0.484 e. The first-order chi connectivity index (χ1) is 11.4. The molecular formula is C18H23ClN2O3. The average molecular weight is 351 g/mol. The third-order valence-electron chi connectivity index (χ3n) is 3.77. The van der Waals surface area contributed by atoms with Crippen molar-refractivity contribution in [2.75, 3.05) is 27.2 Å². The van der Waals surface area contributed by atoms with Gasteiger partial charge in [-0.15, -0.1) is 0 Å². The lowest BCUT2D eigenvalue weighted by molar-refractivity contribution is -0.123. The zero-order chi connectivity index (χ0) is 17.7. The van der Waals surface area contributed by atoms with Crippen LogP contribution in [0.2, 0.25) is 5.02 Å². The van der Waals surface area contributed by atoms with Gasteiger partial charge in [0, 0.05) is 11.6 Å². The van der Waals surface area contributed by atoms with Crippen LogP contribution in [0.1, 0.15) is 22.9 Å². The van der Waals surface area contributed by atoms with E-state index in [9.17, 15) is 4.79 Å². The van der Waals surface area contributed by atoms with E-state index in [0.29, 0.717) is 12.3 Å². The molecule has 0 aliphatic rings. The fourth-order valence-corrected chi connectivity index (χ4v) is 2.53. The molecule has 2 aromatic rings. The Morgan fingerprint density at radius 2 is 2.00 bits per heavy atom. The molecule has 1 N–H and O–H groups in total. The molecule has 0 aliphatic carbocycles. The highest BCUT2D eigenvalue weighted by molar-refractivity contribution is 6.32. The van der Waals surface area contributed by atoms with Gasteiger partial charge in [-0.2, -0.15) is 0 Å². The SMILES string of the molecule is Cc1cc(OCC(=O)NCC(c2ccco2)N(C)C)cc(C)c1Cl. The molecule has 0 radical (unpaired) electrons. The van der Waals surface area contributed by atoms with Crippen LogP contribution >= 0.6 is 11.6 Å². The lowest BCUT2D eigenvalue weighted by atomic mass is 10.1. The predicted molar refractivity (Wildman–Crippen MR) is 94.6 cm³/mol. The Morgan fingerprint density at radius 1 is 1.33 bits per heavy atom. The third kappa shape index (κ3) is 4.76. The van der Waals surface area contributed by atoms with E-state index in [1.165, 1.54) is 0 Å². The van der Waals surface area contributed by atoms with Crippen LogP contribution in [0.5, 0.6) is 5.75 Å². The summed E-state index contributed by atoms with van der Waals surface area (Å²) >= 11 is 6.13. The number of aryl methyl sites for hydroxylation is 2. The highest BCUT2D eigenvalue weighted by Gasteiger charge is 2.18. The maximum Gasteiger partial charge on any atom is 0.258 e. The molecule has 24 heavy (non-hydrogen) atoms. The van der Waals surface area contributed by atoms with E-state index in [2.05, 4.69) is 5.32 Å². The Balaban J connectivity index is 1.87. The number of ether oxygens (including phenoxy) is 1. The van der Waals surface area contributed by atoms with E-state index < -0.39 is 0 Å². The Kier molecular flexibility index (Phi) is 6.29. The van der Waals surface area contributed by atoms with E-state index in [1.54, 1.807) is 6.26 Å². The van der Waals surface area contributed by atoms with Crippen molar-refractivity contribution in [1.29, 1.82) is 0 Å². The summed E-state index contributed by atoms with van der Waals surface area (Å²) in [5, 5.41) is 3.59. The van der Waals surface area contributed by atoms with Gasteiger partial charge >= 0.3 is 0 Å². The van der Waals surface area contributed by atoms with Crippen molar-refractivity contribution in [2.24, 2.45) is 0 Å². The Hall–Kier alpha value is -1.98. The normalized spacial score (nSPS) is 12.2. The average Bonchev–Trinajstić information content (AvgIpc) is 3.04. The van der Waals surface area contributed by atoms with Crippen LogP contribution in [0.4, 0.5) is 0 Å². The second kappa shape index (κ2) is 8.22. The molecule has 0 saturated carbocycles. The summed E-state index contributed by atoms with van der Waals surface area (Å²) in [6.07, 6.45) is 1.63. The number of hydrogen-bond acceptors (Lipinski definition) is 4. The molecule has 5 nitrogen and oxygen atoms in total. The van der Waals surface area contributed by atoms with Crippen LogP contribution in [-0.2, 0) is 4.79 Å². The number of hydrogen-bond donors (Lipinski definition) is 1. The molecule has 0 bridgehead atoms. The number of benzene rings is 1. The zero-order valence-electron chi connectivity index (χ0n) is 14.4. The van der Waals surface area contributed by atoms with Gasteiger partial charge in [0.25, 0.3) is 5.91 Å². The molecule has 1 atom stereocenters.